The van der Waals surface area contributed by atoms with Crippen molar-refractivity contribution in [3.8, 4) is 0 Å². The fourth-order valence-corrected chi connectivity index (χ4v) is 4.60. The molecule has 2 saturated heterocycles. The number of amides is 3. The normalized spacial score (nSPS) is 19.5. The van der Waals surface area contributed by atoms with Gasteiger partial charge in [-0.1, -0.05) is 43.7 Å². The first-order valence-electron chi connectivity index (χ1n) is 14.5. The summed E-state index contributed by atoms with van der Waals surface area (Å²) in [4.78, 5) is 40.9. The van der Waals surface area contributed by atoms with Gasteiger partial charge in [0.15, 0.2) is 0 Å². The molecule has 0 bridgehead atoms. The van der Waals surface area contributed by atoms with Crippen LogP contribution >= 0.6 is 0 Å². The van der Waals surface area contributed by atoms with E-state index in [9.17, 15) is 14.4 Å². The molecule has 2 heterocycles. The van der Waals surface area contributed by atoms with E-state index in [4.69, 9.17) is 18.8 Å². The zero-order valence-electron chi connectivity index (χ0n) is 24.7. The van der Waals surface area contributed by atoms with Crippen LogP contribution in [0.1, 0.15) is 72.3 Å². The average molecular weight is 560 g/mol. The molecule has 0 radical (unpaired) electrons. The second kappa shape index (κ2) is 14.8. The Morgan fingerprint density at radius 2 is 1.65 bits per heavy atom. The van der Waals surface area contributed by atoms with E-state index in [1.54, 1.807) is 4.90 Å². The molecule has 11 heteroatoms. The zero-order chi connectivity index (χ0) is 29.2. The summed E-state index contributed by atoms with van der Waals surface area (Å²) >= 11 is 0. The first-order chi connectivity index (χ1) is 19.0. The number of nitrogens with zero attached hydrogens (tertiary/aromatic N) is 1. The van der Waals surface area contributed by atoms with E-state index in [1.165, 1.54) is 5.56 Å². The highest BCUT2D eigenvalue weighted by Gasteiger charge is 2.54. The number of aryl methyl sites for hydroxylation is 1. The van der Waals surface area contributed by atoms with Gasteiger partial charge in [-0.2, -0.15) is 0 Å². The minimum atomic E-state index is -1.11. The Bertz CT molecular complexity index is 954. The van der Waals surface area contributed by atoms with E-state index < -0.39 is 42.3 Å². The van der Waals surface area contributed by atoms with Gasteiger partial charge in [-0.05, 0) is 58.9 Å². The maximum atomic E-state index is 13.7. The molecule has 40 heavy (non-hydrogen) atoms. The van der Waals surface area contributed by atoms with Crippen LogP contribution in [0, 0.1) is 0 Å². The predicted molar refractivity (Wildman–Crippen MR) is 153 cm³/mol. The van der Waals surface area contributed by atoms with Crippen LogP contribution in [0.25, 0.3) is 0 Å². The third-order valence-electron chi connectivity index (χ3n) is 7.83. The van der Waals surface area contributed by atoms with E-state index in [2.05, 4.69) is 22.8 Å². The highest BCUT2D eigenvalue weighted by molar-refractivity contribution is 6.48. The van der Waals surface area contributed by atoms with Gasteiger partial charge in [0.2, 0.25) is 11.8 Å². The van der Waals surface area contributed by atoms with E-state index in [0.29, 0.717) is 39.1 Å². The number of hydrogen-bond acceptors (Lipinski definition) is 7. The van der Waals surface area contributed by atoms with Gasteiger partial charge in [0.1, 0.15) is 6.04 Å². The third kappa shape index (κ3) is 9.21. The molecule has 0 aliphatic carbocycles. The fraction of sp³-hybridized carbons (Fsp3) is 0.690. The summed E-state index contributed by atoms with van der Waals surface area (Å²) in [7, 11) is -0.683. The molecular weight excluding hydrogens is 513 g/mol. The molecule has 0 unspecified atom stereocenters. The van der Waals surface area contributed by atoms with Gasteiger partial charge < -0.3 is 34.3 Å². The number of benzene rings is 1. The van der Waals surface area contributed by atoms with Crippen LogP contribution < -0.4 is 10.6 Å². The summed E-state index contributed by atoms with van der Waals surface area (Å²) in [5, 5.41) is 5.67. The molecule has 2 aliphatic heterocycles. The second-order valence-electron chi connectivity index (χ2n) is 11.5. The van der Waals surface area contributed by atoms with Crippen molar-refractivity contribution in [1.29, 1.82) is 0 Å². The lowest BCUT2D eigenvalue weighted by Gasteiger charge is -2.32. The van der Waals surface area contributed by atoms with E-state index >= 15 is 0 Å². The molecule has 2 fully saturated rings. The molecule has 2 atom stereocenters. The lowest BCUT2D eigenvalue weighted by atomic mass is 9.75. The first-order valence-corrected chi connectivity index (χ1v) is 14.5. The molecule has 2 aliphatic rings. The molecule has 2 N–H and O–H groups in total. The van der Waals surface area contributed by atoms with Crippen molar-refractivity contribution in [3.05, 3.63) is 35.9 Å². The topological polar surface area (TPSA) is 115 Å². The molecule has 1 aromatic carbocycles. The number of unbranched alkanes of at least 4 members (excludes halogenated alkanes) is 1. The van der Waals surface area contributed by atoms with Crippen molar-refractivity contribution >= 4 is 25.0 Å². The quantitative estimate of drug-likeness (QED) is 0.282. The van der Waals surface area contributed by atoms with Gasteiger partial charge >= 0.3 is 13.2 Å². The summed E-state index contributed by atoms with van der Waals surface area (Å²) < 4.78 is 23.2. The van der Waals surface area contributed by atoms with Gasteiger partial charge in [0.25, 0.3) is 0 Å². The molecule has 10 nitrogen and oxygen atoms in total. The monoisotopic (exact) mass is 559 g/mol. The van der Waals surface area contributed by atoms with Crippen LogP contribution in [-0.4, -0.2) is 86.0 Å². The highest BCUT2D eigenvalue weighted by Crippen LogP contribution is 2.38. The van der Waals surface area contributed by atoms with Gasteiger partial charge in [-0.15, -0.1) is 0 Å². The van der Waals surface area contributed by atoms with Crippen LogP contribution in [0.15, 0.2) is 30.3 Å². The van der Waals surface area contributed by atoms with Gasteiger partial charge in [0.05, 0.1) is 43.4 Å². The fourth-order valence-electron chi connectivity index (χ4n) is 4.60. The largest absolute Gasteiger partial charge is 0.481 e. The van der Waals surface area contributed by atoms with Crippen molar-refractivity contribution in [2.45, 2.75) is 96.3 Å². The maximum Gasteiger partial charge on any atom is 0.481 e. The Balaban J connectivity index is 1.73. The highest BCUT2D eigenvalue weighted by atomic mass is 16.7. The number of rotatable bonds is 13. The molecule has 0 aromatic heterocycles. The van der Waals surface area contributed by atoms with Crippen LogP contribution in [0.2, 0.25) is 0 Å². The number of hydrogen-bond donors (Lipinski definition) is 2. The summed E-state index contributed by atoms with van der Waals surface area (Å²) in [6.45, 7) is 11.9. The Hall–Kier alpha value is -2.63. The molecule has 3 rings (SSSR count). The van der Waals surface area contributed by atoms with E-state index in [1.807, 2.05) is 52.8 Å². The van der Waals surface area contributed by atoms with Gasteiger partial charge in [0, 0.05) is 13.1 Å². The Morgan fingerprint density at radius 3 is 2.27 bits per heavy atom. The number of carbonyl (C=O) groups is 3. The van der Waals surface area contributed by atoms with Gasteiger partial charge in [-0.25, -0.2) is 4.79 Å². The first kappa shape index (κ1) is 31.9. The second-order valence-corrected chi connectivity index (χ2v) is 11.5. The van der Waals surface area contributed by atoms with Crippen LogP contribution in [0.4, 0.5) is 4.79 Å². The predicted octanol–water partition coefficient (Wildman–Crippen LogP) is 3.27. The van der Waals surface area contributed by atoms with Crippen LogP contribution in [0.3, 0.4) is 0 Å². The van der Waals surface area contributed by atoms with Crippen LogP contribution in [0.5, 0.6) is 0 Å². The number of nitrogens with one attached hydrogen (secondary N) is 2. The standard InChI is InChI=1S/C29H46BN3O7/c1-6-7-18-38-27(36)31-23(21-25(34)33-16-19-37-20-17-33)26(35)32-24(15-11-14-22-12-9-8-10-13-22)30-39-28(2,3)29(4,5)40-30/h8-10,12-13,23-24H,6-7,11,14-21H2,1-5H3,(H,31,36)(H,32,35)/t23-,24+/m0/s1. The maximum absolute atomic E-state index is 13.7. The number of carbonyl (C=O) groups excluding carboxylic acids is 3. The van der Waals surface area contributed by atoms with Gasteiger partial charge in [-0.3, -0.25) is 9.59 Å². The molecule has 3 amide bonds. The lowest BCUT2D eigenvalue weighted by Crippen LogP contribution is -2.56. The summed E-state index contributed by atoms with van der Waals surface area (Å²) in [5.74, 6) is -1.20. The van der Waals surface area contributed by atoms with Crippen LogP contribution in [-0.2, 0) is 34.8 Å². The van der Waals surface area contributed by atoms with E-state index in [0.717, 1.165) is 19.3 Å². The Kier molecular flexibility index (Phi) is 11.8. The molecular formula is C29H46BN3O7. The lowest BCUT2D eigenvalue weighted by molar-refractivity contribution is -0.138. The summed E-state index contributed by atoms with van der Waals surface area (Å²) in [6, 6.07) is 9.03. The number of ether oxygens (including phenoxy) is 2. The molecule has 0 spiro atoms. The van der Waals surface area contributed by atoms with E-state index in [-0.39, 0.29) is 18.9 Å². The minimum absolute atomic E-state index is 0.186. The molecule has 0 saturated carbocycles. The summed E-state index contributed by atoms with van der Waals surface area (Å²) in [6.07, 6.45) is 2.86. The number of alkyl carbamates (subject to hydrolysis) is 1. The van der Waals surface area contributed by atoms with Crippen molar-refractivity contribution in [2.24, 2.45) is 0 Å². The average Bonchev–Trinajstić information content (AvgIpc) is 3.15. The molecule has 222 valence electrons. The van der Waals surface area contributed by atoms with Crippen molar-refractivity contribution in [2.75, 3.05) is 32.9 Å². The zero-order valence-corrected chi connectivity index (χ0v) is 24.7. The third-order valence-corrected chi connectivity index (χ3v) is 7.83. The Labute approximate surface area is 239 Å². The van der Waals surface area contributed by atoms with Crippen molar-refractivity contribution in [3.63, 3.8) is 0 Å². The number of morpholine rings is 1. The van der Waals surface area contributed by atoms with Crippen molar-refractivity contribution < 1.29 is 33.2 Å². The minimum Gasteiger partial charge on any atom is -0.450 e. The Morgan fingerprint density at radius 1 is 1.00 bits per heavy atom. The van der Waals surface area contributed by atoms with Crippen molar-refractivity contribution in [1.82, 2.24) is 15.5 Å². The SMILES string of the molecule is CCCCOC(=O)N[C@@H](CC(=O)N1CCOCC1)C(=O)N[C@H](CCCc1ccccc1)B1OC(C)(C)C(C)(C)O1. The molecule has 1 aromatic rings. The smallest absolute Gasteiger partial charge is 0.450 e. The summed E-state index contributed by atoms with van der Waals surface area (Å²) in [5.41, 5.74) is 0.0483.